The van der Waals surface area contributed by atoms with Crippen LogP contribution in [-0.2, 0) is 9.53 Å². The van der Waals surface area contributed by atoms with Gasteiger partial charge in [-0.05, 0) is 19.3 Å². The molecule has 2 atom stereocenters. The summed E-state index contributed by atoms with van der Waals surface area (Å²) in [6, 6.07) is 1.74. The average Bonchev–Trinajstić information content (AvgIpc) is 2.81. The topological polar surface area (TPSA) is 67.0 Å². The number of nitrogens with zero attached hydrogens (tertiary/aromatic N) is 1. The fourth-order valence-corrected chi connectivity index (χ4v) is 2.09. The Morgan fingerprint density at radius 1 is 1.75 bits per heavy atom. The Hall–Kier alpha value is -1.36. The highest BCUT2D eigenvalue weighted by Gasteiger charge is 2.30. The van der Waals surface area contributed by atoms with Gasteiger partial charge in [-0.1, -0.05) is 6.92 Å². The Morgan fingerprint density at radius 2 is 2.62 bits per heavy atom. The second-order valence-corrected chi connectivity index (χ2v) is 4.03. The summed E-state index contributed by atoms with van der Waals surface area (Å²) in [5, 5.41) is 9.32. The molecule has 1 aromatic heterocycles. The van der Waals surface area contributed by atoms with Crippen LogP contribution in [0.5, 0.6) is 0 Å². The number of ether oxygens (including phenoxy) is 1. The third-order valence-corrected chi connectivity index (χ3v) is 2.94. The molecule has 0 aromatic carbocycles. The molecule has 2 unspecified atom stereocenters. The zero-order valence-electron chi connectivity index (χ0n) is 9.40. The second kappa shape index (κ2) is 5.12. The van der Waals surface area contributed by atoms with Gasteiger partial charge in [0.05, 0.1) is 18.2 Å². The number of carbonyl (C=O) groups excluding carboxylic acids is 1. The van der Waals surface area contributed by atoms with E-state index in [9.17, 15) is 4.79 Å². The van der Waals surface area contributed by atoms with Gasteiger partial charge in [0.25, 0.3) is 0 Å². The van der Waals surface area contributed by atoms with Crippen LogP contribution in [0.1, 0.15) is 26.2 Å². The summed E-state index contributed by atoms with van der Waals surface area (Å²) >= 11 is 0. The minimum atomic E-state index is -0.0398. The second-order valence-electron chi connectivity index (χ2n) is 4.03. The lowest BCUT2D eigenvalue weighted by Crippen LogP contribution is -2.37. The number of aromatic nitrogens is 2. The smallest absolute Gasteiger partial charge is 0.231 e. The Labute approximate surface area is 94.6 Å². The summed E-state index contributed by atoms with van der Waals surface area (Å²) in [7, 11) is 0. The maximum atomic E-state index is 12.0. The van der Waals surface area contributed by atoms with E-state index < -0.39 is 0 Å². The summed E-state index contributed by atoms with van der Waals surface area (Å²) in [5.41, 5.74) is 0. The largest absolute Gasteiger partial charge is 0.377 e. The third-order valence-electron chi connectivity index (χ3n) is 2.94. The first-order valence-electron chi connectivity index (χ1n) is 5.73. The Morgan fingerprint density at radius 3 is 3.31 bits per heavy atom. The van der Waals surface area contributed by atoms with Crippen LogP contribution < -0.4 is 5.32 Å². The molecule has 1 aliphatic rings. The van der Waals surface area contributed by atoms with Crippen molar-refractivity contribution in [3.05, 3.63) is 12.3 Å². The Kier molecular flexibility index (Phi) is 3.56. The molecular formula is C11H17N3O2. The molecule has 1 aliphatic heterocycles. The van der Waals surface area contributed by atoms with E-state index in [4.69, 9.17) is 4.74 Å². The normalized spacial score (nSPS) is 25.3. The van der Waals surface area contributed by atoms with Gasteiger partial charge in [-0.25, -0.2) is 0 Å². The van der Waals surface area contributed by atoms with Crippen LogP contribution in [0.15, 0.2) is 12.3 Å². The van der Waals surface area contributed by atoms with Gasteiger partial charge in [0, 0.05) is 12.7 Å². The molecule has 0 spiro atoms. The predicted molar refractivity (Wildman–Crippen MR) is 60.0 cm³/mol. The van der Waals surface area contributed by atoms with E-state index in [-0.39, 0.29) is 17.9 Å². The molecule has 5 nitrogen and oxygen atoms in total. The van der Waals surface area contributed by atoms with E-state index in [0.29, 0.717) is 5.82 Å². The molecule has 2 heterocycles. The van der Waals surface area contributed by atoms with Gasteiger partial charge >= 0.3 is 0 Å². The lowest BCUT2D eigenvalue weighted by molar-refractivity contribution is -0.129. The average molecular weight is 223 g/mol. The first kappa shape index (κ1) is 11.1. The number of aromatic amines is 1. The van der Waals surface area contributed by atoms with Gasteiger partial charge < -0.3 is 10.1 Å². The maximum Gasteiger partial charge on any atom is 0.231 e. The fourth-order valence-electron chi connectivity index (χ4n) is 2.09. The SMILES string of the molecule is CCC1OCCCC1C(=O)Nc1ccn[nH]1. The zero-order chi connectivity index (χ0) is 11.4. The molecule has 1 amide bonds. The minimum Gasteiger partial charge on any atom is -0.377 e. The molecule has 0 radical (unpaired) electrons. The van der Waals surface area contributed by atoms with E-state index >= 15 is 0 Å². The predicted octanol–water partition coefficient (Wildman–Crippen LogP) is 1.55. The number of anilines is 1. The highest BCUT2D eigenvalue weighted by atomic mass is 16.5. The van der Waals surface area contributed by atoms with Crippen LogP contribution in [0.2, 0.25) is 0 Å². The lowest BCUT2D eigenvalue weighted by Gasteiger charge is -2.29. The number of hydrogen-bond donors (Lipinski definition) is 2. The van der Waals surface area contributed by atoms with Crippen LogP contribution in [0, 0.1) is 5.92 Å². The van der Waals surface area contributed by atoms with Crippen molar-refractivity contribution in [2.45, 2.75) is 32.3 Å². The van der Waals surface area contributed by atoms with Crippen LogP contribution in [-0.4, -0.2) is 28.8 Å². The molecular weight excluding hydrogens is 206 g/mol. The molecule has 0 aliphatic carbocycles. The molecule has 88 valence electrons. The van der Waals surface area contributed by atoms with E-state index in [1.807, 2.05) is 6.92 Å². The summed E-state index contributed by atoms with van der Waals surface area (Å²) in [6.45, 7) is 2.82. The molecule has 2 rings (SSSR count). The third kappa shape index (κ3) is 2.41. The molecule has 2 N–H and O–H groups in total. The van der Waals surface area contributed by atoms with Crippen LogP contribution in [0.3, 0.4) is 0 Å². The monoisotopic (exact) mass is 223 g/mol. The number of hydrogen-bond acceptors (Lipinski definition) is 3. The number of amides is 1. The van der Waals surface area contributed by atoms with Gasteiger partial charge in [0.15, 0.2) is 0 Å². The number of nitrogens with one attached hydrogen (secondary N) is 2. The highest BCUT2D eigenvalue weighted by Crippen LogP contribution is 2.24. The van der Waals surface area contributed by atoms with E-state index in [1.54, 1.807) is 12.3 Å². The molecule has 1 fully saturated rings. The molecule has 1 aromatic rings. The van der Waals surface area contributed by atoms with Crippen molar-refractivity contribution in [3.63, 3.8) is 0 Å². The van der Waals surface area contributed by atoms with Crippen LogP contribution >= 0.6 is 0 Å². The minimum absolute atomic E-state index is 0.0239. The fraction of sp³-hybridized carbons (Fsp3) is 0.636. The molecule has 16 heavy (non-hydrogen) atoms. The molecule has 5 heteroatoms. The van der Waals surface area contributed by atoms with Gasteiger partial charge in [-0.2, -0.15) is 5.10 Å². The van der Waals surface area contributed by atoms with Crippen LogP contribution in [0.4, 0.5) is 5.82 Å². The summed E-state index contributed by atoms with van der Waals surface area (Å²) < 4.78 is 5.59. The van der Waals surface area contributed by atoms with Crippen molar-refractivity contribution in [3.8, 4) is 0 Å². The summed E-state index contributed by atoms with van der Waals surface area (Å²) in [6.07, 6.45) is 4.40. The van der Waals surface area contributed by atoms with Crippen molar-refractivity contribution in [2.75, 3.05) is 11.9 Å². The first-order valence-corrected chi connectivity index (χ1v) is 5.73. The number of H-pyrrole nitrogens is 1. The van der Waals surface area contributed by atoms with Crippen molar-refractivity contribution < 1.29 is 9.53 Å². The Bertz CT molecular complexity index is 337. The summed E-state index contributed by atoms with van der Waals surface area (Å²) in [4.78, 5) is 12.0. The standard InChI is InChI=1S/C11H17N3O2/c1-2-9-8(4-3-7-16-9)11(15)13-10-5-6-12-14-10/h5-6,8-9H,2-4,7H2,1H3,(H2,12,13,14,15). The highest BCUT2D eigenvalue weighted by molar-refractivity contribution is 5.92. The number of rotatable bonds is 3. The van der Waals surface area contributed by atoms with Gasteiger partial charge in [0.1, 0.15) is 5.82 Å². The first-order chi connectivity index (χ1) is 7.81. The van der Waals surface area contributed by atoms with Crippen LogP contribution in [0.25, 0.3) is 0 Å². The van der Waals surface area contributed by atoms with Gasteiger partial charge in [0.2, 0.25) is 5.91 Å². The van der Waals surface area contributed by atoms with E-state index in [1.165, 1.54) is 0 Å². The zero-order valence-corrected chi connectivity index (χ0v) is 9.40. The van der Waals surface area contributed by atoms with Crippen molar-refractivity contribution >= 4 is 11.7 Å². The molecule has 0 bridgehead atoms. The Balaban J connectivity index is 1.97. The van der Waals surface area contributed by atoms with E-state index in [0.717, 1.165) is 25.9 Å². The van der Waals surface area contributed by atoms with Crippen molar-refractivity contribution in [2.24, 2.45) is 5.92 Å². The van der Waals surface area contributed by atoms with E-state index in [2.05, 4.69) is 15.5 Å². The summed E-state index contributed by atoms with van der Waals surface area (Å²) in [5.74, 6) is 0.628. The van der Waals surface area contributed by atoms with Crippen molar-refractivity contribution in [1.82, 2.24) is 10.2 Å². The molecule has 0 saturated carbocycles. The van der Waals surface area contributed by atoms with Gasteiger partial charge in [-0.15, -0.1) is 0 Å². The van der Waals surface area contributed by atoms with Crippen molar-refractivity contribution in [1.29, 1.82) is 0 Å². The molecule has 1 saturated heterocycles. The quantitative estimate of drug-likeness (QED) is 0.817. The lowest BCUT2D eigenvalue weighted by atomic mass is 9.92. The number of carbonyl (C=O) groups is 1. The van der Waals surface area contributed by atoms with Gasteiger partial charge in [-0.3, -0.25) is 9.89 Å². The maximum absolute atomic E-state index is 12.0.